The molecule has 0 spiro atoms. The number of amides is 2. The van der Waals surface area contributed by atoms with Gasteiger partial charge in [-0.05, 0) is 36.6 Å². The first-order valence-corrected chi connectivity index (χ1v) is 10.4. The summed E-state index contributed by atoms with van der Waals surface area (Å²) >= 11 is 0. The molecule has 1 unspecified atom stereocenters. The highest BCUT2D eigenvalue weighted by Gasteiger charge is 2.34. The molecule has 1 atom stereocenters. The van der Waals surface area contributed by atoms with Gasteiger partial charge in [0.15, 0.2) is 11.4 Å². The van der Waals surface area contributed by atoms with Crippen molar-refractivity contribution in [1.82, 2.24) is 25.2 Å². The van der Waals surface area contributed by atoms with E-state index in [0.717, 1.165) is 17.9 Å². The minimum absolute atomic E-state index is 0.0164. The Kier molecular flexibility index (Phi) is 5.61. The van der Waals surface area contributed by atoms with Crippen LogP contribution in [0.5, 0.6) is 5.75 Å². The fourth-order valence-corrected chi connectivity index (χ4v) is 4.13. The Morgan fingerprint density at radius 3 is 2.53 bits per heavy atom. The highest BCUT2D eigenvalue weighted by molar-refractivity contribution is 6.05. The number of carbonyl (C=O) groups excluding carboxylic acids is 2. The van der Waals surface area contributed by atoms with E-state index in [1.807, 2.05) is 24.3 Å². The average Bonchev–Trinajstić information content (AvgIpc) is 3.17. The van der Waals surface area contributed by atoms with Crippen molar-refractivity contribution in [2.24, 2.45) is 5.92 Å². The lowest BCUT2D eigenvalue weighted by atomic mass is 10.0. The molecule has 1 saturated heterocycles. The van der Waals surface area contributed by atoms with E-state index in [1.165, 1.54) is 0 Å². The second-order valence-electron chi connectivity index (χ2n) is 8.25. The average molecular weight is 412 g/mol. The Bertz CT molecular complexity index is 915. The molecule has 2 aromatic rings. The molecule has 1 fully saturated rings. The molecular formula is C21H28N6O3. The Morgan fingerprint density at radius 2 is 1.90 bits per heavy atom. The van der Waals surface area contributed by atoms with Crippen molar-refractivity contribution in [3.05, 3.63) is 35.7 Å². The summed E-state index contributed by atoms with van der Waals surface area (Å²) in [5, 5.41) is 11.2. The molecule has 9 nitrogen and oxygen atoms in total. The molecule has 4 rings (SSSR count). The number of methoxy groups -OCH3 is 1. The van der Waals surface area contributed by atoms with E-state index in [9.17, 15) is 9.59 Å². The van der Waals surface area contributed by atoms with Crippen molar-refractivity contribution in [2.75, 3.05) is 38.2 Å². The molecule has 1 aromatic carbocycles. The van der Waals surface area contributed by atoms with Crippen LogP contribution in [-0.4, -0.2) is 71.0 Å². The molecule has 2 aliphatic rings. The maximum Gasteiger partial charge on any atom is 0.277 e. The van der Waals surface area contributed by atoms with Gasteiger partial charge in [-0.15, -0.1) is 5.10 Å². The second kappa shape index (κ2) is 8.33. The fraction of sp³-hybridized carbons (Fsp3) is 0.524. The van der Waals surface area contributed by atoms with Crippen molar-refractivity contribution in [1.29, 1.82) is 0 Å². The third kappa shape index (κ3) is 3.96. The van der Waals surface area contributed by atoms with Crippen LogP contribution < -0.4 is 15.0 Å². The SMILES string of the molecule is COc1ccc(N2CCN(C(=O)c3nnn4c3C(=O)NC(CC(C)C)C4)CC2)cc1. The lowest BCUT2D eigenvalue weighted by molar-refractivity contribution is 0.0730. The number of fused-ring (bicyclic) bond motifs is 1. The van der Waals surface area contributed by atoms with E-state index in [1.54, 1.807) is 16.7 Å². The number of aromatic nitrogens is 3. The number of benzene rings is 1. The van der Waals surface area contributed by atoms with Gasteiger partial charge >= 0.3 is 0 Å². The van der Waals surface area contributed by atoms with Crippen molar-refractivity contribution in [3.8, 4) is 5.75 Å². The predicted octanol–water partition coefficient (Wildman–Crippen LogP) is 1.41. The lowest BCUT2D eigenvalue weighted by Crippen LogP contribution is -2.50. The Balaban J connectivity index is 1.42. The van der Waals surface area contributed by atoms with Crippen LogP contribution in [0.1, 0.15) is 41.2 Å². The molecule has 1 aromatic heterocycles. The summed E-state index contributed by atoms with van der Waals surface area (Å²) in [4.78, 5) is 29.7. The first-order valence-electron chi connectivity index (χ1n) is 10.4. The molecule has 0 aliphatic carbocycles. The number of nitrogens with one attached hydrogen (secondary N) is 1. The molecule has 1 N–H and O–H groups in total. The number of piperazine rings is 1. The van der Waals surface area contributed by atoms with Crippen LogP contribution >= 0.6 is 0 Å². The highest BCUT2D eigenvalue weighted by Crippen LogP contribution is 2.22. The summed E-state index contributed by atoms with van der Waals surface area (Å²) in [7, 11) is 1.65. The Labute approximate surface area is 176 Å². The molecule has 9 heteroatoms. The van der Waals surface area contributed by atoms with Gasteiger partial charge in [-0.2, -0.15) is 0 Å². The molecule has 160 valence electrons. The van der Waals surface area contributed by atoms with Crippen LogP contribution in [0.2, 0.25) is 0 Å². The van der Waals surface area contributed by atoms with E-state index >= 15 is 0 Å². The normalized spacial score (nSPS) is 18.9. The summed E-state index contributed by atoms with van der Waals surface area (Å²) in [6.45, 7) is 7.33. The minimum atomic E-state index is -0.267. The van der Waals surface area contributed by atoms with Crippen molar-refractivity contribution in [3.63, 3.8) is 0 Å². The number of ether oxygens (including phenoxy) is 1. The smallest absolute Gasteiger partial charge is 0.277 e. The van der Waals surface area contributed by atoms with Crippen molar-refractivity contribution >= 4 is 17.5 Å². The summed E-state index contributed by atoms with van der Waals surface area (Å²) in [6.07, 6.45) is 0.863. The van der Waals surface area contributed by atoms with E-state index in [0.29, 0.717) is 38.6 Å². The fourth-order valence-electron chi connectivity index (χ4n) is 4.13. The largest absolute Gasteiger partial charge is 0.497 e. The zero-order valence-electron chi connectivity index (χ0n) is 17.7. The number of hydrogen-bond acceptors (Lipinski definition) is 6. The first-order chi connectivity index (χ1) is 14.5. The first kappa shape index (κ1) is 20.2. The predicted molar refractivity (Wildman–Crippen MR) is 112 cm³/mol. The molecule has 0 bridgehead atoms. The molecule has 0 saturated carbocycles. The van der Waals surface area contributed by atoms with Gasteiger partial charge in [-0.25, -0.2) is 4.68 Å². The third-order valence-corrected chi connectivity index (χ3v) is 5.64. The van der Waals surface area contributed by atoms with Crippen LogP contribution in [0.4, 0.5) is 5.69 Å². The van der Waals surface area contributed by atoms with Crippen LogP contribution in [0.15, 0.2) is 24.3 Å². The molecule has 3 heterocycles. The van der Waals surface area contributed by atoms with Gasteiger partial charge in [0.1, 0.15) is 5.75 Å². The number of nitrogens with zero attached hydrogens (tertiary/aromatic N) is 5. The number of carbonyl (C=O) groups is 2. The van der Waals surface area contributed by atoms with E-state index in [2.05, 4.69) is 34.4 Å². The highest BCUT2D eigenvalue weighted by atomic mass is 16.5. The van der Waals surface area contributed by atoms with Gasteiger partial charge < -0.3 is 19.9 Å². The lowest BCUT2D eigenvalue weighted by Gasteiger charge is -2.36. The molecule has 0 radical (unpaired) electrons. The topological polar surface area (TPSA) is 92.6 Å². The summed E-state index contributed by atoms with van der Waals surface area (Å²) in [6, 6.07) is 7.92. The van der Waals surface area contributed by atoms with Gasteiger partial charge in [0, 0.05) is 37.9 Å². The van der Waals surface area contributed by atoms with E-state index < -0.39 is 0 Å². The van der Waals surface area contributed by atoms with E-state index in [-0.39, 0.29) is 29.2 Å². The molecule has 30 heavy (non-hydrogen) atoms. The maximum atomic E-state index is 13.1. The molecule has 2 aliphatic heterocycles. The number of rotatable bonds is 5. The van der Waals surface area contributed by atoms with Crippen molar-refractivity contribution < 1.29 is 14.3 Å². The van der Waals surface area contributed by atoms with E-state index in [4.69, 9.17) is 4.74 Å². The summed E-state index contributed by atoms with van der Waals surface area (Å²) in [5.41, 5.74) is 1.52. The zero-order chi connectivity index (χ0) is 21.3. The maximum absolute atomic E-state index is 13.1. The Morgan fingerprint density at radius 1 is 1.20 bits per heavy atom. The van der Waals surface area contributed by atoms with Gasteiger partial charge in [0.05, 0.1) is 13.7 Å². The van der Waals surface area contributed by atoms with Crippen LogP contribution in [0.25, 0.3) is 0 Å². The molecule has 2 amide bonds. The van der Waals surface area contributed by atoms with Crippen molar-refractivity contribution in [2.45, 2.75) is 32.9 Å². The summed E-state index contributed by atoms with van der Waals surface area (Å²) < 4.78 is 6.78. The van der Waals surface area contributed by atoms with Gasteiger partial charge in [0.25, 0.3) is 11.8 Å². The van der Waals surface area contributed by atoms with Crippen LogP contribution in [0, 0.1) is 5.92 Å². The van der Waals surface area contributed by atoms with Crippen LogP contribution in [-0.2, 0) is 6.54 Å². The second-order valence-corrected chi connectivity index (χ2v) is 8.25. The number of anilines is 1. The van der Waals surface area contributed by atoms with Gasteiger partial charge in [-0.1, -0.05) is 19.1 Å². The Hall–Kier alpha value is -3.10. The third-order valence-electron chi connectivity index (χ3n) is 5.64. The van der Waals surface area contributed by atoms with Gasteiger partial charge in [0.2, 0.25) is 0 Å². The standard InChI is InChI=1S/C21H28N6O3/c1-14(2)12-15-13-27-19(20(28)22-15)18(23-24-27)21(29)26-10-8-25(9-11-26)16-4-6-17(30-3)7-5-16/h4-7,14-15H,8-13H2,1-3H3,(H,22,28). The monoisotopic (exact) mass is 412 g/mol. The quantitative estimate of drug-likeness (QED) is 0.798. The summed E-state index contributed by atoms with van der Waals surface area (Å²) in [5.74, 6) is 0.780. The van der Waals surface area contributed by atoms with Gasteiger partial charge in [-0.3, -0.25) is 9.59 Å². The zero-order valence-corrected chi connectivity index (χ0v) is 17.7. The van der Waals surface area contributed by atoms with Crippen LogP contribution in [0.3, 0.4) is 0 Å². The minimum Gasteiger partial charge on any atom is -0.497 e. The molecular weight excluding hydrogens is 384 g/mol. The number of hydrogen-bond donors (Lipinski definition) is 1.